The lowest BCUT2D eigenvalue weighted by Gasteiger charge is -2.45. The first-order valence-corrected chi connectivity index (χ1v) is 8.12. The smallest absolute Gasteiger partial charge is 0.238 e. The van der Waals surface area contributed by atoms with Crippen LogP contribution >= 0.6 is 31.9 Å². The summed E-state index contributed by atoms with van der Waals surface area (Å²) in [6, 6.07) is 3.92. The monoisotopic (exact) mass is 404 g/mol. The predicted molar refractivity (Wildman–Crippen MR) is 86.9 cm³/mol. The summed E-state index contributed by atoms with van der Waals surface area (Å²) in [5.41, 5.74) is 1.25. The van der Waals surface area contributed by atoms with Crippen LogP contribution in [0.1, 0.15) is 18.9 Å². The van der Waals surface area contributed by atoms with Crippen molar-refractivity contribution in [3.05, 3.63) is 26.6 Å². The highest BCUT2D eigenvalue weighted by Crippen LogP contribution is 2.32. The molecule has 1 heterocycles. The Morgan fingerprint density at radius 3 is 2.45 bits per heavy atom. The van der Waals surface area contributed by atoms with Crippen molar-refractivity contribution in [1.29, 1.82) is 0 Å². The van der Waals surface area contributed by atoms with Gasteiger partial charge in [0.2, 0.25) is 5.91 Å². The van der Waals surface area contributed by atoms with E-state index in [0.29, 0.717) is 19.6 Å². The number of nitrogens with one attached hydrogen (secondary N) is 1. The summed E-state index contributed by atoms with van der Waals surface area (Å²) >= 11 is 6.91. The fourth-order valence-corrected chi connectivity index (χ4v) is 3.94. The second kappa shape index (κ2) is 6.13. The van der Waals surface area contributed by atoms with Crippen molar-refractivity contribution in [2.75, 3.05) is 25.0 Å². The lowest BCUT2D eigenvalue weighted by atomic mass is 9.91. The Bertz CT molecular complexity index is 505. The molecule has 1 saturated heterocycles. The van der Waals surface area contributed by atoms with Gasteiger partial charge in [-0.15, -0.1) is 0 Å². The van der Waals surface area contributed by atoms with Crippen molar-refractivity contribution in [3.63, 3.8) is 0 Å². The Labute approximate surface area is 135 Å². The van der Waals surface area contributed by atoms with Gasteiger partial charge >= 0.3 is 0 Å². The standard InChI is InChI=1S/C14H18Br2N2O2/c1-3-14(20)7-18(8-14)6-12(19)17-13-10(15)4-9(2)5-11(13)16/h4-5,20H,3,6-8H2,1-2H3,(H,17,19). The molecular weight excluding hydrogens is 388 g/mol. The molecule has 0 aromatic heterocycles. The van der Waals surface area contributed by atoms with Crippen molar-refractivity contribution in [1.82, 2.24) is 4.90 Å². The third-order valence-electron chi connectivity index (χ3n) is 3.51. The van der Waals surface area contributed by atoms with E-state index < -0.39 is 5.60 Å². The number of carbonyl (C=O) groups is 1. The van der Waals surface area contributed by atoms with Gasteiger partial charge in [0.15, 0.2) is 0 Å². The van der Waals surface area contributed by atoms with Gasteiger partial charge < -0.3 is 10.4 Å². The lowest BCUT2D eigenvalue weighted by molar-refractivity contribution is -0.128. The minimum atomic E-state index is -0.606. The summed E-state index contributed by atoms with van der Waals surface area (Å²) in [7, 11) is 0. The fourth-order valence-electron chi connectivity index (χ4n) is 2.32. The van der Waals surface area contributed by atoms with E-state index in [9.17, 15) is 9.90 Å². The maximum atomic E-state index is 12.0. The minimum absolute atomic E-state index is 0.0755. The Kier molecular flexibility index (Phi) is 4.89. The number of hydrogen-bond acceptors (Lipinski definition) is 3. The van der Waals surface area contributed by atoms with Gasteiger partial charge in [-0.3, -0.25) is 9.69 Å². The number of aliphatic hydroxyl groups is 1. The van der Waals surface area contributed by atoms with E-state index in [4.69, 9.17) is 0 Å². The molecule has 1 aliphatic rings. The molecule has 20 heavy (non-hydrogen) atoms. The zero-order valence-corrected chi connectivity index (χ0v) is 14.7. The molecule has 1 aliphatic heterocycles. The number of amides is 1. The number of hydrogen-bond donors (Lipinski definition) is 2. The Balaban J connectivity index is 1.93. The van der Waals surface area contributed by atoms with Crippen LogP contribution in [0.2, 0.25) is 0 Å². The Morgan fingerprint density at radius 1 is 1.40 bits per heavy atom. The normalized spacial score (nSPS) is 17.6. The first-order valence-electron chi connectivity index (χ1n) is 6.53. The molecule has 0 saturated carbocycles. The first-order chi connectivity index (χ1) is 9.33. The van der Waals surface area contributed by atoms with E-state index in [1.54, 1.807) is 0 Å². The molecule has 1 fully saturated rings. The molecule has 0 atom stereocenters. The van der Waals surface area contributed by atoms with Crippen molar-refractivity contribution in [2.24, 2.45) is 0 Å². The van der Waals surface area contributed by atoms with Crippen LogP contribution in [0.5, 0.6) is 0 Å². The first kappa shape index (κ1) is 15.9. The average Bonchev–Trinajstić information content (AvgIpc) is 2.31. The molecule has 0 aliphatic carbocycles. The number of likely N-dealkylation sites (tertiary alicyclic amines) is 1. The van der Waals surface area contributed by atoms with E-state index >= 15 is 0 Å². The minimum Gasteiger partial charge on any atom is -0.387 e. The van der Waals surface area contributed by atoms with Crippen LogP contribution in [0, 0.1) is 6.92 Å². The number of carbonyl (C=O) groups excluding carboxylic acids is 1. The molecule has 1 amide bonds. The van der Waals surface area contributed by atoms with Crippen LogP contribution in [0.15, 0.2) is 21.1 Å². The number of anilines is 1. The van der Waals surface area contributed by atoms with Crippen LogP contribution in [-0.4, -0.2) is 41.1 Å². The number of benzene rings is 1. The van der Waals surface area contributed by atoms with Gasteiger partial charge in [0.1, 0.15) is 0 Å². The summed E-state index contributed by atoms with van der Waals surface area (Å²) in [6.45, 7) is 5.38. The van der Waals surface area contributed by atoms with E-state index in [2.05, 4.69) is 37.2 Å². The molecule has 6 heteroatoms. The molecular formula is C14H18Br2N2O2. The van der Waals surface area contributed by atoms with Crippen LogP contribution in [0.25, 0.3) is 0 Å². The quantitative estimate of drug-likeness (QED) is 0.809. The van der Waals surface area contributed by atoms with E-state index in [0.717, 1.165) is 26.6 Å². The van der Waals surface area contributed by atoms with Crippen molar-refractivity contribution < 1.29 is 9.90 Å². The van der Waals surface area contributed by atoms with Gasteiger partial charge in [-0.25, -0.2) is 0 Å². The molecule has 0 radical (unpaired) electrons. The van der Waals surface area contributed by atoms with Crippen molar-refractivity contribution >= 4 is 43.5 Å². The number of nitrogens with zero attached hydrogens (tertiary/aromatic N) is 1. The maximum absolute atomic E-state index is 12.0. The van der Waals surface area contributed by atoms with Crippen LogP contribution in [0.4, 0.5) is 5.69 Å². The molecule has 2 rings (SSSR count). The molecule has 2 N–H and O–H groups in total. The molecule has 0 unspecified atom stereocenters. The number of halogens is 2. The second-order valence-corrected chi connectivity index (χ2v) is 7.08. The Morgan fingerprint density at radius 2 is 1.95 bits per heavy atom. The summed E-state index contributed by atoms with van der Waals surface area (Å²) < 4.78 is 1.71. The molecule has 0 spiro atoms. The Hall–Kier alpha value is -0.430. The maximum Gasteiger partial charge on any atom is 0.238 e. The molecule has 0 bridgehead atoms. The van der Waals surface area contributed by atoms with Gasteiger partial charge in [-0.05, 0) is 62.9 Å². The highest BCUT2D eigenvalue weighted by atomic mass is 79.9. The topological polar surface area (TPSA) is 52.6 Å². The summed E-state index contributed by atoms with van der Waals surface area (Å²) in [5, 5.41) is 12.8. The highest BCUT2D eigenvalue weighted by molar-refractivity contribution is 9.11. The lowest BCUT2D eigenvalue weighted by Crippen LogP contribution is -2.62. The SMILES string of the molecule is CCC1(O)CN(CC(=O)Nc2c(Br)cc(C)cc2Br)C1. The van der Waals surface area contributed by atoms with Gasteiger partial charge in [-0.2, -0.15) is 0 Å². The number of rotatable bonds is 4. The third kappa shape index (κ3) is 3.61. The fraction of sp³-hybridized carbons (Fsp3) is 0.500. The van der Waals surface area contributed by atoms with Crippen molar-refractivity contribution in [2.45, 2.75) is 25.9 Å². The predicted octanol–water partition coefficient (Wildman–Crippen LogP) is 2.92. The average molecular weight is 406 g/mol. The molecule has 1 aromatic carbocycles. The van der Waals surface area contributed by atoms with E-state index in [-0.39, 0.29) is 5.91 Å². The van der Waals surface area contributed by atoms with Gasteiger partial charge in [0, 0.05) is 22.0 Å². The third-order valence-corrected chi connectivity index (χ3v) is 4.76. The van der Waals surface area contributed by atoms with E-state index in [1.807, 2.05) is 30.9 Å². The molecule has 110 valence electrons. The summed E-state index contributed by atoms with van der Waals surface area (Å²) in [6.07, 6.45) is 0.722. The zero-order valence-electron chi connectivity index (χ0n) is 11.5. The highest BCUT2D eigenvalue weighted by Gasteiger charge is 2.39. The van der Waals surface area contributed by atoms with Gasteiger partial charge in [0.25, 0.3) is 0 Å². The van der Waals surface area contributed by atoms with Crippen molar-refractivity contribution in [3.8, 4) is 0 Å². The molecule has 1 aromatic rings. The van der Waals surface area contributed by atoms with Crippen LogP contribution in [0.3, 0.4) is 0 Å². The number of aryl methyl sites for hydroxylation is 1. The second-order valence-electron chi connectivity index (χ2n) is 5.37. The van der Waals surface area contributed by atoms with Crippen LogP contribution < -0.4 is 5.32 Å². The van der Waals surface area contributed by atoms with Crippen LogP contribution in [-0.2, 0) is 4.79 Å². The van der Waals surface area contributed by atoms with Gasteiger partial charge in [0.05, 0.1) is 17.8 Å². The molecule has 4 nitrogen and oxygen atoms in total. The largest absolute Gasteiger partial charge is 0.387 e. The summed E-state index contributed by atoms with van der Waals surface area (Å²) in [5.74, 6) is -0.0755. The van der Waals surface area contributed by atoms with E-state index in [1.165, 1.54) is 0 Å². The van der Waals surface area contributed by atoms with Gasteiger partial charge in [-0.1, -0.05) is 6.92 Å². The summed E-state index contributed by atoms with van der Waals surface area (Å²) in [4.78, 5) is 14.0. The zero-order chi connectivity index (χ0) is 14.9. The number of β-amino-alcohol motifs (C(OH)–C–C–N with tert-alkyl or cyclic N) is 1.